The van der Waals surface area contributed by atoms with Crippen LogP contribution in [0.15, 0.2) is 16.6 Å². The molecular weight excluding hydrogens is 316 g/mol. The summed E-state index contributed by atoms with van der Waals surface area (Å²) in [6.45, 7) is 8.55. The van der Waals surface area contributed by atoms with Gasteiger partial charge in [0.2, 0.25) is 0 Å². The molecule has 1 aromatic rings. The smallest absolute Gasteiger partial charge is 0.127 e. The Balaban J connectivity index is 1.72. The van der Waals surface area contributed by atoms with Crippen molar-refractivity contribution in [1.29, 1.82) is 0 Å². The van der Waals surface area contributed by atoms with Gasteiger partial charge in [0.15, 0.2) is 0 Å². The predicted molar refractivity (Wildman–Crippen MR) is 85.2 cm³/mol. The van der Waals surface area contributed by atoms with Gasteiger partial charge in [0.25, 0.3) is 0 Å². The molecule has 4 heteroatoms. The van der Waals surface area contributed by atoms with Gasteiger partial charge >= 0.3 is 0 Å². The summed E-state index contributed by atoms with van der Waals surface area (Å²) in [5, 5.41) is 7.23. The summed E-state index contributed by atoms with van der Waals surface area (Å²) in [6, 6.07) is 4.92. The number of piperidine rings is 1. The second-order valence-corrected chi connectivity index (χ2v) is 7.45. The van der Waals surface area contributed by atoms with Crippen molar-refractivity contribution in [2.45, 2.75) is 39.3 Å². The lowest BCUT2D eigenvalue weighted by Crippen LogP contribution is -2.52. The SMILES string of the molecule is CC1(C)CNCCC1NCc1cc(Br)cc2c1OCC2. The lowest BCUT2D eigenvalue weighted by molar-refractivity contribution is 0.183. The van der Waals surface area contributed by atoms with Crippen molar-refractivity contribution in [3.63, 3.8) is 0 Å². The molecule has 20 heavy (non-hydrogen) atoms. The maximum Gasteiger partial charge on any atom is 0.127 e. The third-order valence-corrected chi connectivity index (χ3v) is 4.96. The number of hydrogen-bond acceptors (Lipinski definition) is 3. The maximum absolute atomic E-state index is 5.80. The standard InChI is InChI=1S/C16H23BrN2O/c1-16(2)10-18-5-3-14(16)19-9-12-8-13(17)7-11-4-6-20-15(11)12/h7-8,14,18-19H,3-6,9-10H2,1-2H3. The topological polar surface area (TPSA) is 33.3 Å². The van der Waals surface area contributed by atoms with E-state index >= 15 is 0 Å². The van der Waals surface area contributed by atoms with Crippen molar-refractivity contribution in [3.8, 4) is 5.75 Å². The number of ether oxygens (including phenoxy) is 1. The minimum Gasteiger partial charge on any atom is -0.493 e. The first-order valence-electron chi connectivity index (χ1n) is 7.44. The van der Waals surface area contributed by atoms with Crippen molar-refractivity contribution < 1.29 is 4.74 Å². The molecule has 0 amide bonds. The number of rotatable bonds is 3. The zero-order valence-corrected chi connectivity index (χ0v) is 13.8. The van der Waals surface area contributed by atoms with Crippen LogP contribution >= 0.6 is 15.9 Å². The van der Waals surface area contributed by atoms with E-state index in [4.69, 9.17) is 4.74 Å². The molecule has 1 saturated heterocycles. The monoisotopic (exact) mass is 338 g/mol. The normalized spacial score (nSPS) is 24.2. The first-order valence-corrected chi connectivity index (χ1v) is 8.24. The van der Waals surface area contributed by atoms with Crippen molar-refractivity contribution in [2.75, 3.05) is 19.7 Å². The molecule has 2 heterocycles. The maximum atomic E-state index is 5.80. The molecule has 1 atom stereocenters. The quantitative estimate of drug-likeness (QED) is 0.889. The fourth-order valence-electron chi connectivity index (χ4n) is 3.26. The van der Waals surface area contributed by atoms with Gasteiger partial charge in [-0.15, -0.1) is 0 Å². The summed E-state index contributed by atoms with van der Waals surface area (Å²) in [6.07, 6.45) is 2.21. The van der Waals surface area contributed by atoms with Gasteiger partial charge in [-0.05, 0) is 36.1 Å². The highest BCUT2D eigenvalue weighted by atomic mass is 79.9. The summed E-state index contributed by atoms with van der Waals surface area (Å²) in [7, 11) is 0. The molecule has 0 saturated carbocycles. The Morgan fingerprint density at radius 1 is 1.45 bits per heavy atom. The molecule has 0 aromatic heterocycles. The molecule has 0 aliphatic carbocycles. The van der Waals surface area contributed by atoms with Crippen LogP contribution < -0.4 is 15.4 Å². The lowest BCUT2D eigenvalue weighted by Gasteiger charge is -2.39. The van der Waals surface area contributed by atoms with Crippen molar-refractivity contribution in [3.05, 3.63) is 27.7 Å². The third-order valence-electron chi connectivity index (χ3n) is 4.50. The highest BCUT2D eigenvalue weighted by molar-refractivity contribution is 9.10. The van der Waals surface area contributed by atoms with Gasteiger partial charge in [-0.1, -0.05) is 29.8 Å². The van der Waals surface area contributed by atoms with E-state index in [2.05, 4.69) is 52.5 Å². The van der Waals surface area contributed by atoms with Crippen LogP contribution in [0.3, 0.4) is 0 Å². The van der Waals surface area contributed by atoms with E-state index in [1.54, 1.807) is 0 Å². The minimum atomic E-state index is 0.300. The Labute approximate surface area is 129 Å². The van der Waals surface area contributed by atoms with Gasteiger partial charge in [-0.3, -0.25) is 0 Å². The van der Waals surface area contributed by atoms with Gasteiger partial charge in [0, 0.05) is 35.6 Å². The average molecular weight is 339 g/mol. The summed E-state index contributed by atoms with van der Waals surface area (Å²) in [5.74, 6) is 1.10. The molecule has 0 bridgehead atoms. The van der Waals surface area contributed by atoms with E-state index in [1.807, 2.05) is 0 Å². The third kappa shape index (κ3) is 2.87. The van der Waals surface area contributed by atoms with Crippen LogP contribution in [0, 0.1) is 5.41 Å². The fraction of sp³-hybridized carbons (Fsp3) is 0.625. The molecule has 1 aromatic carbocycles. The van der Waals surface area contributed by atoms with Gasteiger partial charge in [0.1, 0.15) is 5.75 Å². The number of hydrogen-bond donors (Lipinski definition) is 2. The van der Waals surface area contributed by atoms with Crippen LogP contribution in [0.25, 0.3) is 0 Å². The minimum absolute atomic E-state index is 0.300. The molecule has 0 spiro atoms. The van der Waals surface area contributed by atoms with Crippen molar-refractivity contribution in [1.82, 2.24) is 10.6 Å². The summed E-state index contributed by atoms with van der Waals surface area (Å²) < 4.78 is 6.96. The van der Waals surface area contributed by atoms with E-state index in [1.165, 1.54) is 17.5 Å². The Kier molecular flexibility index (Phi) is 4.07. The molecule has 3 rings (SSSR count). The van der Waals surface area contributed by atoms with E-state index in [9.17, 15) is 0 Å². The average Bonchev–Trinajstić information content (AvgIpc) is 2.84. The Morgan fingerprint density at radius 2 is 2.30 bits per heavy atom. The van der Waals surface area contributed by atoms with E-state index in [-0.39, 0.29) is 0 Å². The van der Waals surface area contributed by atoms with E-state index in [0.29, 0.717) is 11.5 Å². The fourth-order valence-corrected chi connectivity index (χ4v) is 3.81. The Bertz CT molecular complexity index is 501. The van der Waals surface area contributed by atoms with Gasteiger partial charge in [-0.25, -0.2) is 0 Å². The Hall–Kier alpha value is -0.580. The molecule has 2 aliphatic rings. The lowest BCUT2D eigenvalue weighted by atomic mass is 9.80. The second kappa shape index (κ2) is 5.66. The van der Waals surface area contributed by atoms with Crippen LogP contribution in [-0.4, -0.2) is 25.7 Å². The number of fused-ring (bicyclic) bond motifs is 1. The van der Waals surface area contributed by atoms with Crippen LogP contribution in [0.4, 0.5) is 0 Å². The largest absolute Gasteiger partial charge is 0.493 e. The van der Waals surface area contributed by atoms with E-state index in [0.717, 1.165) is 42.9 Å². The summed E-state index contributed by atoms with van der Waals surface area (Å²) in [5.41, 5.74) is 2.91. The first-order chi connectivity index (χ1) is 9.56. The van der Waals surface area contributed by atoms with Crippen LogP contribution in [-0.2, 0) is 13.0 Å². The summed E-state index contributed by atoms with van der Waals surface area (Å²) in [4.78, 5) is 0. The van der Waals surface area contributed by atoms with Crippen LogP contribution in [0.5, 0.6) is 5.75 Å². The van der Waals surface area contributed by atoms with Crippen molar-refractivity contribution in [2.24, 2.45) is 5.41 Å². The zero-order chi connectivity index (χ0) is 14.2. The van der Waals surface area contributed by atoms with E-state index < -0.39 is 0 Å². The molecule has 2 aliphatic heterocycles. The van der Waals surface area contributed by atoms with Crippen LogP contribution in [0.2, 0.25) is 0 Å². The first kappa shape index (κ1) is 14.4. The number of halogens is 1. The Morgan fingerprint density at radius 3 is 3.10 bits per heavy atom. The molecule has 3 nitrogen and oxygen atoms in total. The molecule has 2 N–H and O–H groups in total. The molecule has 110 valence electrons. The molecule has 0 radical (unpaired) electrons. The van der Waals surface area contributed by atoms with Crippen molar-refractivity contribution >= 4 is 15.9 Å². The molecule has 1 fully saturated rings. The predicted octanol–water partition coefficient (Wildman–Crippen LogP) is 2.86. The highest BCUT2D eigenvalue weighted by Crippen LogP contribution is 2.33. The van der Waals surface area contributed by atoms with Gasteiger partial charge in [-0.2, -0.15) is 0 Å². The van der Waals surface area contributed by atoms with Crippen LogP contribution in [0.1, 0.15) is 31.4 Å². The number of nitrogens with one attached hydrogen (secondary N) is 2. The zero-order valence-electron chi connectivity index (χ0n) is 12.3. The van der Waals surface area contributed by atoms with Gasteiger partial charge < -0.3 is 15.4 Å². The second-order valence-electron chi connectivity index (χ2n) is 6.54. The number of benzene rings is 1. The molecule has 1 unspecified atom stereocenters. The molecular formula is C16H23BrN2O. The van der Waals surface area contributed by atoms with Gasteiger partial charge in [0.05, 0.1) is 6.61 Å². The summed E-state index contributed by atoms with van der Waals surface area (Å²) >= 11 is 3.61. The highest BCUT2D eigenvalue weighted by Gasteiger charge is 2.32.